The minimum Gasteiger partial charge on any atom is -0.322 e. The van der Waals surface area contributed by atoms with E-state index in [2.05, 4.69) is 57.9 Å². The Morgan fingerprint density at radius 1 is 0.971 bits per heavy atom. The topological polar surface area (TPSA) is 45.2 Å². The SMILES string of the molecule is CSc1ccc(-c2ccc(C(=O)Nc3cc4ncc(CN5CCCC5)cc4cc3C)cc2)cc1. The van der Waals surface area contributed by atoms with Crippen molar-refractivity contribution in [3.05, 3.63) is 89.6 Å². The number of thioether (sulfide) groups is 1. The summed E-state index contributed by atoms with van der Waals surface area (Å²) in [5.74, 6) is -0.114. The minimum absolute atomic E-state index is 0.114. The van der Waals surface area contributed by atoms with Crippen LogP contribution in [-0.2, 0) is 6.54 Å². The Kier molecular flexibility index (Phi) is 6.66. The lowest BCUT2D eigenvalue weighted by Crippen LogP contribution is -2.18. The number of anilines is 1. The van der Waals surface area contributed by atoms with Crippen LogP contribution in [0.2, 0.25) is 0 Å². The van der Waals surface area contributed by atoms with E-state index in [0.717, 1.165) is 39.8 Å². The van der Waals surface area contributed by atoms with Gasteiger partial charge in [-0.3, -0.25) is 14.7 Å². The molecule has 0 aliphatic carbocycles. The molecule has 172 valence electrons. The second-order valence-electron chi connectivity index (χ2n) is 8.95. The summed E-state index contributed by atoms with van der Waals surface area (Å²) in [5, 5.41) is 4.19. The fourth-order valence-corrected chi connectivity index (χ4v) is 4.96. The predicted molar refractivity (Wildman–Crippen MR) is 143 cm³/mol. The maximum atomic E-state index is 12.9. The molecule has 2 heterocycles. The molecule has 1 aliphatic heterocycles. The molecule has 1 N–H and O–H groups in total. The van der Waals surface area contributed by atoms with Gasteiger partial charge in [0, 0.05) is 34.3 Å². The number of carbonyl (C=O) groups is 1. The first-order valence-electron chi connectivity index (χ1n) is 11.8. The monoisotopic (exact) mass is 467 g/mol. The largest absolute Gasteiger partial charge is 0.322 e. The third kappa shape index (κ3) is 5.01. The normalized spacial score (nSPS) is 13.9. The zero-order chi connectivity index (χ0) is 23.5. The van der Waals surface area contributed by atoms with E-state index in [1.807, 2.05) is 43.5 Å². The molecule has 0 spiro atoms. The number of nitrogens with zero attached hydrogens (tertiary/aromatic N) is 2. The summed E-state index contributed by atoms with van der Waals surface area (Å²) in [6.45, 7) is 5.34. The summed E-state index contributed by atoms with van der Waals surface area (Å²) >= 11 is 1.73. The molecule has 34 heavy (non-hydrogen) atoms. The van der Waals surface area contributed by atoms with E-state index in [1.165, 1.54) is 36.4 Å². The summed E-state index contributed by atoms with van der Waals surface area (Å²) in [6.07, 6.45) is 6.61. The molecule has 0 radical (unpaired) electrons. The predicted octanol–water partition coefficient (Wildman–Crippen LogP) is 6.78. The van der Waals surface area contributed by atoms with Crippen LogP contribution in [0.15, 0.2) is 77.8 Å². The fraction of sp³-hybridized carbons (Fsp3) is 0.241. The highest BCUT2D eigenvalue weighted by Gasteiger charge is 2.13. The smallest absolute Gasteiger partial charge is 0.255 e. The Balaban J connectivity index is 1.30. The van der Waals surface area contributed by atoms with Gasteiger partial charge in [0.25, 0.3) is 5.91 Å². The maximum absolute atomic E-state index is 12.9. The highest BCUT2D eigenvalue weighted by molar-refractivity contribution is 7.98. The average Bonchev–Trinajstić information content (AvgIpc) is 3.38. The fourth-order valence-electron chi connectivity index (χ4n) is 4.55. The van der Waals surface area contributed by atoms with Gasteiger partial charge in [-0.2, -0.15) is 0 Å². The molecule has 1 amide bonds. The van der Waals surface area contributed by atoms with Crippen LogP contribution < -0.4 is 5.32 Å². The number of rotatable bonds is 6. The molecule has 5 rings (SSSR count). The van der Waals surface area contributed by atoms with Crippen LogP contribution in [-0.4, -0.2) is 35.1 Å². The highest BCUT2D eigenvalue weighted by atomic mass is 32.2. The van der Waals surface area contributed by atoms with E-state index in [1.54, 1.807) is 11.8 Å². The highest BCUT2D eigenvalue weighted by Crippen LogP contribution is 2.26. The van der Waals surface area contributed by atoms with Crippen molar-refractivity contribution in [1.82, 2.24) is 9.88 Å². The number of pyridine rings is 1. The summed E-state index contributed by atoms with van der Waals surface area (Å²) in [5.41, 5.74) is 6.85. The van der Waals surface area contributed by atoms with Crippen LogP contribution in [0.4, 0.5) is 5.69 Å². The van der Waals surface area contributed by atoms with Crippen LogP contribution in [0.3, 0.4) is 0 Å². The Morgan fingerprint density at radius 2 is 1.65 bits per heavy atom. The van der Waals surface area contributed by atoms with Gasteiger partial charge in [-0.1, -0.05) is 24.3 Å². The summed E-state index contributed by atoms with van der Waals surface area (Å²) in [7, 11) is 0. The molecule has 4 aromatic rings. The van der Waals surface area contributed by atoms with Crippen LogP contribution in [0, 0.1) is 6.92 Å². The zero-order valence-corrected chi connectivity index (χ0v) is 20.5. The molecule has 1 aromatic heterocycles. The number of aryl methyl sites for hydroxylation is 1. The van der Waals surface area contributed by atoms with E-state index < -0.39 is 0 Å². The van der Waals surface area contributed by atoms with Crippen molar-refractivity contribution < 1.29 is 4.79 Å². The van der Waals surface area contributed by atoms with E-state index in [9.17, 15) is 4.79 Å². The van der Waals surface area contributed by atoms with Gasteiger partial charge in [-0.05, 0) is 104 Å². The first-order chi connectivity index (χ1) is 16.6. The maximum Gasteiger partial charge on any atom is 0.255 e. The number of hydrogen-bond donors (Lipinski definition) is 1. The third-order valence-electron chi connectivity index (χ3n) is 6.51. The summed E-state index contributed by atoms with van der Waals surface area (Å²) in [4.78, 5) is 21.3. The van der Waals surface area contributed by atoms with E-state index in [-0.39, 0.29) is 5.91 Å². The Bertz CT molecular complexity index is 1310. The molecule has 0 unspecified atom stereocenters. The Hall–Kier alpha value is -3.15. The van der Waals surface area contributed by atoms with Crippen LogP contribution >= 0.6 is 11.8 Å². The molecule has 0 atom stereocenters. The van der Waals surface area contributed by atoms with Crippen molar-refractivity contribution in [1.29, 1.82) is 0 Å². The third-order valence-corrected chi connectivity index (χ3v) is 7.25. The van der Waals surface area contributed by atoms with Gasteiger partial charge >= 0.3 is 0 Å². The van der Waals surface area contributed by atoms with Crippen molar-refractivity contribution in [2.75, 3.05) is 24.7 Å². The molecule has 0 saturated carbocycles. The Morgan fingerprint density at radius 3 is 2.32 bits per heavy atom. The number of fused-ring (bicyclic) bond motifs is 1. The second-order valence-corrected chi connectivity index (χ2v) is 9.83. The minimum atomic E-state index is -0.114. The quantitative estimate of drug-likeness (QED) is 0.318. The van der Waals surface area contributed by atoms with Crippen molar-refractivity contribution >= 4 is 34.3 Å². The lowest BCUT2D eigenvalue weighted by atomic mass is 10.0. The van der Waals surface area contributed by atoms with E-state index >= 15 is 0 Å². The van der Waals surface area contributed by atoms with Crippen LogP contribution in [0.25, 0.3) is 22.0 Å². The molecular weight excluding hydrogens is 438 g/mol. The molecule has 4 nitrogen and oxygen atoms in total. The molecular formula is C29H29N3OS. The zero-order valence-electron chi connectivity index (χ0n) is 19.7. The van der Waals surface area contributed by atoms with Gasteiger partial charge in [0.1, 0.15) is 0 Å². The molecule has 3 aromatic carbocycles. The van der Waals surface area contributed by atoms with Crippen molar-refractivity contribution in [3.8, 4) is 11.1 Å². The summed E-state index contributed by atoms with van der Waals surface area (Å²) < 4.78 is 0. The van der Waals surface area contributed by atoms with Gasteiger partial charge in [-0.15, -0.1) is 11.8 Å². The number of nitrogens with one attached hydrogen (secondary N) is 1. The van der Waals surface area contributed by atoms with Crippen LogP contribution in [0.1, 0.15) is 34.3 Å². The van der Waals surface area contributed by atoms with Gasteiger partial charge in [-0.25, -0.2) is 0 Å². The average molecular weight is 468 g/mol. The number of likely N-dealkylation sites (tertiary alicyclic amines) is 1. The van der Waals surface area contributed by atoms with Gasteiger partial charge in [0.15, 0.2) is 0 Å². The summed E-state index contributed by atoms with van der Waals surface area (Å²) in [6, 6.07) is 22.5. The molecule has 1 saturated heterocycles. The van der Waals surface area contributed by atoms with Crippen molar-refractivity contribution in [3.63, 3.8) is 0 Å². The van der Waals surface area contributed by atoms with E-state index in [0.29, 0.717) is 5.56 Å². The van der Waals surface area contributed by atoms with Crippen LogP contribution in [0.5, 0.6) is 0 Å². The van der Waals surface area contributed by atoms with Gasteiger partial charge in [0.05, 0.1) is 5.52 Å². The standard InChI is InChI=1S/C29H29N3OS/c1-20-15-25-16-21(19-32-13-3-4-14-32)18-30-28(25)17-27(20)31-29(33)24-7-5-22(6-8-24)23-9-11-26(34-2)12-10-23/h5-12,15-18H,3-4,13-14,19H2,1-2H3,(H,31,33). The molecule has 5 heteroatoms. The van der Waals surface area contributed by atoms with Gasteiger partial charge < -0.3 is 5.32 Å². The lowest BCUT2D eigenvalue weighted by Gasteiger charge is -2.15. The van der Waals surface area contributed by atoms with Crippen molar-refractivity contribution in [2.45, 2.75) is 31.2 Å². The number of aromatic nitrogens is 1. The second kappa shape index (κ2) is 10.00. The van der Waals surface area contributed by atoms with E-state index in [4.69, 9.17) is 0 Å². The first-order valence-corrected chi connectivity index (χ1v) is 13.0. The Labute approximate surface area is 205 Å². The molecule has 0 bridgehead atoms. The first kappa shape index (κ1) is 22.6. The number of carbonyl (C=O) groups excluding carboxylic acids is 1. The van der Waals surface area contributed by atoms with Crippen molar-refractivity contribution in [2.24, 2.45) is 0 Å². The number of hydrogen-bond acceptors (Lipinski definition) is 4. The van der Waals surface area contributed by atoms with Gasteiger partial charge in [0.2, 0.25) is 0 Å². The number of benzene rings is 3. The lowest BCUT2D eigenvalue weighted by molar-refractivity contribution is 0.102. The number of amides is 1. The molecule has 1 aliphatic rings. The molecule has 1 fully saturated rings.